The highest BCUT2D eigenvalue weighted by Crippen LogP contribution is 2.47. The predicted molar refractivity (Wildman–Crippen MR) is 165 cm³/mol. The summed E-state index contributed by atoms with van der Waals surface area (Å²) in [4.78, 5) is 46.2. The smallest absolute Gasteiger partial charge is 0.287 e. The Morgan fingerprint density at radius 3 is 2.55 bits per heavy atom. The van der Waals surface area contributed by atoms with E-state index in [2.05, 4.69) is 15.4 Å². The number of phenolic OH excluding ortho intramolecular Hbond substituents is 1. The van der Waals surface area contributed by atoms with Crippen LogP contribution in [-0.2, 0) is 17.8 Å². The largest absolute Gasteiger partial charge is 0.504 e. The molecule has 0 radical (unpaired) electrons. The number of nitrogens with zero attached hydrogens (tertiary/aromatic N) is 4. The summed E-state index contributed by atoms with van der Waals surface area (Å²) < 4.78 is 7.58. The molecule has 230 valence electrons. The summed E-state index contributed by atoms with van der Waals surface area (Å²) >= 11 is 6.10. The Balaban J connectivity index is 1.23. The summed E-state index contributed by atoms with van der Waals surface area (Å²) in [5.74, 6) is -0.865. The number of hydrogen-bond acceptors (Lipinski definition) is 7. The van der Waals surface area contributed by atoms with Crippen LogP contribution >= 0.6 is 11.6 Å². The van der Waals surface area contributed by atoms with Crippen molar-refractivity contribution < 1.29 is 19.1 Å². The Labute approximate surface area is 260 Å². The van der Waals surface area contributed by atoms with E-state index in [1.165, 1.54) is 50.3 Å². The first-order valence-electron chi connectivity index (χ1n) is 15.2. The van der Waals surface area contributed by atoms with Crippen LogP contribution in [0, 0.1) is 11.3 Å². The van der Waals surface area contributed by atoms with Crippen LogP contribution in [0.1, 0.15) is 61.1 Å². The fraction of sp³-hybridized carbons (Fsp3) is 0.424. The fourth-order valence-corrected chi connectivity index (χ4v) is 7.13. The number of hydrogen-bond donors (Lipinski definition) is 2. The van der Waals surface area contributed by atoms with Gasteiger partial charge in [-0.3, -0.25) is 19.1 Å². The number of nitrogens with one attached hydrogen (secondary N) is 1. The number of carbonyl (C=O) groups excluding carboxylic acids is 2. The van der Waals surface area contributed by atoms with Crippen molar-refractivity contribution in [2.45, 2.75) is 64.0 Å². The molecule has 2 fully saturated rings. The van der Waals surface area contributed by atoms with Crippen molar-refractivity contribution in [1.29, 1.82) is 0 Å². The SMILES string of the molecule is O=C(N[C@H](Cc1ccc(Cl)cc1)C(=O)N1CCC(Cn2cncn2)(C2CCCCC2)CC1)c1cc(=O)c2cccc(O)c2o1. The van der Waals surface area contributed by atoms with Crippen LogP contribution in [0.5, 0.6) is 5.75 Å². The molecule has 6 rings (SSSR count). The molecule has 3 heterocycles. The number of piperidine rings is 1. The number of carbonyl (C=O) groups is 2. The van der Waals surface area contributed by atoms with Crippen LogP contribution in [0.2, 0.25) is 5.02 Å². The number of phenols is 1. The minimum Gasteiger partial charge on any atom is -0.504 e. The van der Waals surface area contributed by atoms with Crippen molar-refractivity contribution in [3.8, 4) is 5.75 Å². The van der Waals surface area contributed by atoms with Gasteiger partial charge in [-0.2, -0.15) is 5.10 Å². The molecule has 0 bridgehead atoms. The molecule has 4 aromatic rings. The number of benzene rings is 2. The van der Waals surface area contributed by atoms with E-state index in [9.17, 15) is 19.5 Å². The van der Waals surface area contributed by atoms with Crippen molar-refractivity contribution in [2.75, 3.05) is 13.1 Å². The Hall–Kier alpha value is -4.18. The van der Waals surface area contributed by atoms with E-state index < -0.39 is 17.4 Å². The highest BCUT2D eigenvalue weighted by atomic mass is 35.5. The second-order valence-electron chi connectivity index (χ2n) is 12.1. The molecule has 11 heteroatoms. The van der Waals surface area contributed by atoms with Gasteiger partial charge in [0.1, 0.15) is 18.7 Å². The molecule has 44 heavy (non-hydrogen) atoms. The van der Waals surface area contributed by atoms with Crippen LogP contribution in [-0.4, -0.2) is 55.7 Å². The van der Waals surface area contributed by atoms with Crippen molar-refractivity contribution in [3.05, 3.63) is 87.8 Å². The molecule has 1 saturated carbocycles. The molecule has 2 aromatic heterocycles. The van der Waals surface area contributed by atoms with Crippen LogP contribution in [0.3, 0.4) is 0 Å². The van der Waals surface area contributed by atoms with Gasteiger partial charge >= 0.3 is 0 Å². The number of amides is 2. The minimum absolute atomic E-state index is 0.0241. The maximum absolute atomic E-state index is 14.1. The molecule has 1 atom stereocenters. The monoisotopic (exact) mass is 617 g/mol. The number of likely N-dealkylation sites (tertiary alicyclic amines) is 1. The van der Waals surface area contributed by atoms with E-state index in [-0.39, 0.29) is 40.2 Å². The number of aromatic nitrogens is 3. The zero-order valence-corrected chi connectivity index (χ0v) is 25.2. The molecule has 1 saturated heterocycles. The lowest BCUT2D eigenvalue weighted by Crippen LogP contribution is -2.54. The molecule has 10 nitrogen and oxygen atoms in total. The first-order chi connectivity index (χ1) is 21.3. The molecular weight excluding hydrogens is 582 g/mol. The van der Waals surface area contributed by atoms with Gasteiger partial charge in [0.25, 0.3) is 5.91 Å². The Kier molecular flexibility index (Phi) is 8.70. The highest BCUT2D eigenvalue weighted by Gasteiger charge is 2.44. The predicted octanol–water partition coefficient (Wildman–Crippen LogP) is 4.97. The summed E-state index contributed by atoms with van der Waals surface area (Å²) in [5, 5.41) is 18.2. The van der Waals surface area contributed by atoms with Crippen molar-refractivity contribution >= 4 is 34.4 Å². The topological polar surface area (TPSA) is 131 Å². The maximum Gasteiger partial charge on any atom is 0.287 e. The number of fused-ring (bicyclic) bond motifs is 1. The molecule has 1 aliphatic carbocycles. The summed E-state index contributed by atoms with van der Waals surface area (Å²) in [6.07, 6.45) is 11.3. The Morgan fingerprint density at radius 1 is 1.09 bits per heavy atom. The van der Waals surface area contributed by atoms with Gasteiger partial charge in [0.05, 0.1) is 5.39 Å². The van der Waals surface area contributed by atoms with E-state index >= 15 is 0 Å². The summed E-state index contributed by atoms with van der Waals surface area (Å²) in [6, 6.07) is 11.7. The Bertz CT molecular complexity index is 1670. The number of rotatable bonds is 8. The lowest BCUT2D eigenvalue weighted by atomic mass is 9.63. The minimum atomic E-state index is -0.911. The summed E-state index contributed by atoms with van der Waals surface area (Å²) in [6.45, 7) is 1.91. The zero-order chi connectivity index (χ0) is 30.7. The third-order valence-corrected chi connectivity index (χ3v) is 9.65. The van der Waals surface area contributed by atoms with Gasteiger partial charge < -0.3 is 19.7 Å². The third-order valence-electron chi connectivity index (χ3n) is 9.40. The number of halogens is 1. The first-order valence-corrected chi connectivity index (χ1v) is 15.6. The third kappa shape index (κ3) is 6.36. The van der Waals surface area contributed by atoms with Crippen molar-refractivity contribution in [1.82, 2.24) is 25.0 Å². The van der Waals surface area contributed by atoms with Gasteiger partial charge in [0.2, 0.25) is 5.91 Å². The molecule has 0 unspecified atom stereocenters. The van der Waals surface area contributed by atoms with E-state index in [0.29, 0.717) is 24.0 Å². The van der Waals surface area contributed by atoms with Crippen LogP contribution < -0.4 is 10.7 Å². The zero-order valence-electron chi connectivity index (χ0n) is 24.5. The van der Waals surface area contributed by atoms with Gasteiger partial charge in [-0.1, -0.05) is 49.1 Å². The van der Waals surface area contributed by atoms with Gasteiger partial charge in [-0.15, -0.1) is 0 Å². The number of aromatic hydroxyl groups is 1. The highest BCUT2D eigenvalue weighted by molar-refractivity contribution is 6.30. The average Bonchev–Trinajstić information content (AvgIpc) is 3.55. The average molecular weight is 618 g/mol. The van der Waals surface area contributed by atoms with Crippen molar-refractivity contribution in [3.63, 3.8) is 0 Å². The molecule has 2 aliphatic rings. The van der Waals surface area contributed by atoms with Crippen molar-refractivity contribution in [2.24, 2.45) is 11.3 Å². The van der Waals surface area contributed by atoms with Gasteiger partial charge in [-0.05, 0) is 66.8 Å². The quantitative estimate of drug-likeness (QED) is 0.285. The lowest BCUT2D eigenvalue weighted by Gasteiger charge is -2.48. The standard InChI is InChI=1S/C33H36ClN5O5/c34-24-11-9-22(10-12-24)17-26(37-31(42)29-18-28(41)25-7-4-8-27(40)30(25)44-29)32(43)38-15-13-33(14-16-38,19-39-21-35-20-36-39)23-5-2-1-3-6-23/h4,7-12,18,20-21,23,26,40H,1-3,5-6,13-17,19H2,(H,37,42)/t26-/m1/s1. The molecule has 2 amide bonds. The molecule has 1 aliphatic heterocycles. The van der Waals surface area contributed by atoms with E-state index in [1.54, 1.807) is 24.8 Å². The van der Waals surface area contributed by atoms with Crippen LogP contribution in [0.4, 0.5) is 0 Å². The molecule has 2 N–H and O–H groups in total. The summed E-state index contributed by atoms with van der Waals surface area (Å²) in [7, 11) is 0. The summed E-state index contributed by atoms with van der Waals surface area (Å²) in [5.41, 5.74) is 0.310. The molecule has 0 spiro atoms. The van der Waals surface area contributed by atoms with E-state index in [0.717, 1.165) is 31.0 Å². The second-order valence-corrected chi connectivity index (χ2v) is 12.5. The lowest BCUT2D eigenvalue weighted by molar-refractivity contribution is -0.136. The van der Waals surface area contributed by atoms with Crippen LogP contribution in [0.25, 0.3) is 11.0 Å². The fourth-order valence-electron chi connectivity index (χ4n) is 7.00. The normalized spacial score (nSPS) is 17.8. The van der Waals surface area contributed by atoms with Gasteiger partial charge in [0, 0.05) is 37.1 Å². The first kappa shape index (κ1) is 29.9. The van der Waals surface area contributed by atoms with Gasteiger partial charge in [-0.25, -0.2) is 4.98 Å². The number of para-hydroxylation sites is 1. The Morgan fingerprint density at radius 2 is 1.84 bits per heavy atom. The molecule has 2 aromatic carbocycles. The van der Waals surface area contributed by atoms with Gasteiger partial charge in [0.15, 0.2) is 22.5 Å². The molecular formula is C33H36ClN5O5. The second kappa shape index (κ2) is 12.8. The van der Waals surface area contributed by atoms with Crippen LogP contribution in [0.15, 0.2) is 70.4 Å². The van der Waals surface area contributed by atoms with E-state index in [4.69, 9.17) is 16.0 Å². The van der Waals surface area contributed by atoms with E-state index in [1.807, 2.05) is 21.7 Å². The maximum atomic E-state index is 14.1.